The Morgan fingerprint density at radius 2 is 2.00 bits per heavy atom. The number of imidazole rings is 1. The van der Waals surface area contributed by atoms with Crippen molar-refractivity contribution < 1.29 is 26.0 Å². The van der Waals surface area contributed by atoms with E-state index in [1.165, 1.54) is 12.5 Å². The molecule has 0 fully saturated rings. The van der Waals surface area contributed by atoms with Crippen molar-refractivity contribution in [3.8, 4) is 0 Å². The van der Waals surface area contributed by atoms with Gasteiger partial charge in [0.25, 0.3) is 9.84 Å². The van der Waals surface area contributed by atoms with Crippen molar-refractivity contribution in [1.82, 2.24) is 9.97 Å². The van der Waals surface area contributed by atoms with Crippen LogP contribution in [0.1, 0.15) is 5.69 Å². The van der Waals surface area contributed by atoms with Gasteiger partial charge in [0.05, 0.1) is 24.3 Å². The van der Waals surface area contributed by atoms with Crippen LogP contribution in [0, 0.1) is 5.82 Å². The molecule has 0 bridgehead atoms. The zero-order chi connectivity index (χ0) is 15.7. The van der Waals surface area contributed by atoms with Crippen molar-refractivity contribution in [3.63, 3.8) is 0 Å². The van der Waals surface area contributed by atoms with Crippen molar-refractivity contribution in [1.29, 1.82) is 0 Å². The van der Waals surface area contributed by atoms with E-state index in [1.54, 1.807) is 0 Å². The first-order valence-corrected chi connectivity index (χ1v) is 7.02. The summed E-state index contributed by atoms with van der Waals surface area (Å²) in [5, 5.41) is 2.50. The average Bonchev–Trinajstić information content (AvgIpc) is 2.89. The Morgan fingerprint density at radius 1 is 1.29 bits per heavy atom. The number of alkyl halides is 3. The van der Waals surface area contributed by atoms with Crippen LogP contribution in [0.2, 0.25) is 0 Å². The number of halogens is 4. The number of hydrogen-bond acceptors (Lipinski definition) is 4. The van der Waals surface area contributed by atoms with Crippen LogP contribution < -0.4 is 5.32 Å². The predicted octanol–water partition coefficient (Wildman–Crippen LogP) is 2.45. The number of hydrogen-bond donors (Lipinski definition) is 2. The molecule has 0 spiro atoms. The van der Waals surface area contributed by atoms with Crippen molar-refractivity contribution >= 4 is 15.5 Å². The minimum atomic E-state index is -5.65. The smallest absolute Gasteiger partial charge is 0.378 e. The third-order valence-electron chi connectivity index (χ3n) is 2.56. The Bertz CT molecular complexity index is 726. The second-order valence-electron chi connectivity index (χ2n) is 4.02. The van der Waals surface area contributed by atoms with Gasteiger partial charge in [0.15, 0.2) is 0 Å². The third-order valence-corrected chi connectivity index (χ3v) is 4.09. The molecule has 5 nitrogen and oxygen atoms in total. The van der Waals surface area contributed by atoms with Gasteiger partial charge in [-0.15, -0.1) is 0 Å². The number of aromatic nitrogens is 2. The molecule has 21 heavy (non-hydrogen) atoms. The van der Waals surface area contributed by atoms with Crippen LogP contribution in [0.4, 0.5) is 23.2 Å². The highest BCUT2D eigenvalue weighted by atomic mass is 32.2. The fourth-order valence-corrected chi connectivity index (χ4v) is 2.51. The second kappa shape index (κ2) is 5.35. The number of aromatic amines is 1. The topological polar surface area (TPSA) is 74.8 Å². The van der Waals surface area contributed by atoms with E-state index in [0.717, 1.165) is 12.1 Å². The van der Waals surface area contributed by atoms with E-state index >= 15 is 0 Å². The lowest BCUT2D eigenvalue weighted by Gasteiger charge is -2.14. The summed E-state index contributed by atoms with van der Waals surface area (Å²) in [7, 11) is -5.65. The molecule has 2 aromatic rings. The Morgan fingerprint density at radius 3 is 2.57 bits per heavy atom. The van der Waals surface area contributed by atoms with Gasteiger partial charge in [0.1, 0.15) is 10.7 Å². The van der Waals surface area contributed by atoms with Crippen LogP contribution in [0.3, 0.4) is 0 Å². The third kappa shape index (κ3) is 3.15. The Labute approximate surface area is 116 Å². The summed E-state index contributed by atoms with van der Waals surface area (Å²) in [6, 6.07) is 2.13. The number of rotatable bonds is 4. The summed E-state index contributed by atoms with van der Waals surface area (Å²) in [5.41, 5.74) is -5.33. The zero-order valence-electron chi connectivity index (χ0n) is 10.3. The van der Waals surface area contributed by atoms with Gasteiger partial charge in [-0.05, 0) is 18.2 Å². The fourth-order valence-electron chi connectivity index (χ4n) is 1.56. The van der Waals surface area contributed by atoms with E-state index in [4.69, 9.17) is 0 Å². The molecular weight excluding hydrogens is 314 g/mol. The summed E-state index contributed by atoms with van der Waals surface area (Å²) in [6.07, 6.45) is 2.77. The van der Waals surface area contributed by atoms with Crippen LogP contribution in [-0.4, -0.2) is 23.9 Å². The maximum atomic E-state index is 13.1. The molecule has 2 N–H and O–H groups in total. The summed E-state index contributed by atoms with van der Waals surface area (Å²) in [5.74, 6) is -1.08. The highest BCUT2D eigenvalue weighted by Crippen LogP contribution is 2.34. The molecule has 0 aliphatic rings. The molecule has 0 radical (unpaired) electrons. The van der Waals surface area contributed by atoms with Gasteiger partial charge >= 0.3 is 5.51 Å². The van der Waals surface area contributed by atoms with Gasteiger partial charge in [0, 0.05) is 6.20 Å². The number of sulfone groups is 1. The number of anilines is 1. The molecular formula is C11H9F4N3O2S. The maximum Gasteiger partial charge on any atom is 0.501 e. The molecule has 114 valence electrons. The molecule has 1 heterocycles. The Balaban J connectivity index is 2.39. The molecule has 10 heteroatoms. The number of nitrogens with zero attached hydrogens (tertiary/aromatic N) is 1. The highest BCUT2D eigenvalue weighted by molar-refractivity contribution is 7.92. The Hall–Kier alpha value is -2.10. The minimum Gasteiger partial charge on any atom is -0.378 e. The van der Waals surface area contributed by atoms with Gasteiger partial charge in [-0.25, -0.2) is 17.8 Å². The van der Waals surface area contributed by atoms with E-state index in [9.17, 15) is 26.0 Å². The summed E-state index contributed by atoms with van der Waals surface area (Å²) in [4.78, 5) is 5.24. The quantitative estimate of drug-likeness (QED) is 0.848. The fraction of sp³-hybridized carbons (Fsp3) is 0.182. The van der Waals surface area contributed by atoms with E-state index in [1.807, 2.05) is 0 Å². The Kier molecular flexibility index (Phi) is 3.90. The lowest BCUT2D eigenvalue weighted by Crippen LogP contribution is -2.24. The molecule has 2 rings (SSSR count). The SMILES string of the molecule is O=S(=O)(c1cc(F)ccc1NCc1cnc[nH]1)C(F)(F)F. The number of H-pyrrole nitrogens is 1. The summed E-state index contributed by atoms with van der Waals surface area (Å²) >= 11 is 0. The van der Waals surface area contributed by atoms with Crippen molar-refractivity contribution in [3.05, 3.63) is 42.2 Å². The first kappa shape index (κ1) is 15.3. The van der Waals surface area contributed by atoms with Crippen molar-refractivity contribution in [2.24, 2.45) is 0 Å². The molecule has 1 aromatic carbocycles. The van der Waals surface area contributed by atoms with Gasteiger partial charge < -0.3 is 10.3 Å². The van der Waals surface area contributed by atoms with E-state index in [2.05, 4.69) is 15.3 Å². The van der Waals surface area contributed by atoms with Crippen LogP contribution in [0.5, 0.6) is 0 Å². The summed E-state index contributed by atoms with van der Waals surface area (Å²) < 4.78 is 73.7. The molecule has 0 saturated heterocycles. The monoisotopic (exact) mass is 323 g/mol. The van der Waals surface area contributed by atoms with E-state index < -0.39 is 26.1 Å². The van der Waals surface area contributed by atoms with E-state index in [-0.39, 0.29) is 12.2 Å². The van der Waals surface area contributed by atoms with Crippen LogP contribution >= 0.6 is 0 Å². The van der Waals surface area contributed by atoms with E-state index in [0.29, 0.717) is 11.8 Å². The standard InChI is InChI=1S/C11H9F4N3O2S/c12-7-1-2-9(17-5-8-4-16-6-18-8)10(3-7)21(19,20)11(13,14)15/h1-4,6,17H,5H2,(H,16,18). The lowest BCUT2D eigenvalue weighted by atomic mass is 10.3. The lowest BCUT2D eigenvalue weighted by molar-refractivity contribution is -0.0435. The molecule has 0 saturated carbocycles. The molecule has 0 aliphatic heterocycles. The molecule has 0 aliphatic carbocycles. The van der Waals surface area contributed by atoms with Gasteiger partial charge in [-0.1, -0.05) is 0 Å². The molecule has 0 atom stereocenters. The molecule has 0 unspecified atom stereocenters. The van der Waals surface area contributed by atoms with Crippen LogP contribution in [0.25, 0.3) is 0 Å². The zero-order valence-corrected chi connectivity index (χ0v) is 11.1. The van der Waals surface area contributed by atoms with Crippen molar-refractivity contribution in [2.45, 2.75) is 16.9 Å². The molecule has 1 aromatic heterocycles. The normalized spacial score (nSPS) is 12.4. The maximum absolute atomic E-state index is 13.1. The predicted molar refractivity (Wildman–Crippen MR) is 65.6 cm³/mol. The number of nitrogens with one attached hydrogen (secondary N) is 2. The first-order valence-electron chi connectivity index (χ1n) is 5.54. The molecule has 0 amide bonds. The first-order chi connectivity index (χ1) is 9.72. The van der Waals surface area contributed by atoms with Gasteiger partial charge in [-0.3, -0.25) is 0 Å². The number of benzene rings is 1. The second-order valence-corrected chi connectivity index (χ2v) is 5.93. The van der Waals surface area contributed by atoms with Crippen LogP contribution in [-0.2, 0) is 16.4 Å². The van der Waals surface area contributed by atoms with Gasteiger partial charge in [0.2, 0.25) is 0 Å². The van der Waals surface area contributed by atoms with Crippen molar-refractivity contribution in [2.75, 3.05) is 5.32 Å². The largest absolute Gasteiger partial charge is 0.501 e. The summed E-state index contributed by atoms with van der Waals surface area (Å²) in [6.45, 7) is 0.00596. The van der Waals surface area contributed by atoms with Crippen LogP contribution in [0.15, 0.2) is 35.6 Å². The minimum absolute atomic E-state index is 0.00596. The average molecular weight is 323 g/mol. The highest BCUT2D eigenvalue weighted by Gasteiger charge is 2.48. The van der Waals surface area contributed by atoms with Gasteiger partial charge in [-0.2, -0.15) is 13.2 Å².